The van der Waals surface area contributed by atoms with Gasteiger partial charge in [-0.1, -0.05) is 24.3 Å². The molecule has 0 spiro atoms. The van der Waals surface area contributed by atoms with Crippen LogP contribution in [0.2, 0.25) is 0 Å². The first-order chi connectivity index (χ1) is 15.3. The average molecular weight is 434 g/mol. The zero-order valence-electron chi connectivity index (χ0n) is 17.9. The minimum absolute atomic E-state index is 0.108. The molecule has 0 aliphatic carbocycles. The third-order valence-corrected chi connectivity index (χ3v) is 5.24. The first-order valence-electron chi connectivity index (χ1n) is 9.97. The number of nitrogens with one attached hydrogen (secondary N) is 1. The Kier molecular flexibility index (Phi) is 5.59. The van der Waals surface area contributed by atoms with Gasteiger partial charge < -0.3 is 9.73 Å². The van der Waals surface area contributed by atoms with E-state index in [0.717, 1.165) is 17.5 Å². The van der Waals surface area contributed by atoms with Crippen molar-refractivity contribution in [2.75, 3.05) is 5.32 Å². The van der Waals surface area contributed by atoms with E-state index in [0.29, 0.717) is 23.7 Å². The molecule has 32 heavy (non-hydrogen) atoms. The quantitative estimate of drug-likeness (QED) is 0.348. The largest absolute Gasteiger partial charge is 0.454 e. The van der Waals surface area contributed by atoms with Gasteiger partial charge in [-0.25, -0.2) is 0 Å². The van der Waals surface area contributed by atoms with Crippen LogP contribution < -0.4 is 5.32 Å². The molecule has 1 amide bonds. The zero-order valence-corrected chi connectivity index (χ0v) is 17.9. The molecule has 1 aromatic carbocycles. The maximum absolute atomic E-state index is 12.7. The van der Waals surface area contributed by atoms with Crippen molar-refractivity contribution in [1.82, 2.24) is 19.6 Å². The highest BCUT2D eigenvalue weighted by Crippen LogP contribution is 2.22. The highest BCUT2D eigenvalue weighted by atomic mass is 16.6. The van der Waals surface area contributed by atoms with E-state index in [2.05, 4.69) is 34.6 Å². The van der Waals surface area contributed by atoms with Crippen LogP contribution in [-0.4, -0.2) is 30.4 Å². The Hall–Kier alpha value is -4.21. The summed E-state index contributed by atoms with van der Waals surface area (Å²) in [6, 6.07) is 11.3. The molecule has 10 nitrogen and oxygen atoms in total. The summed E-state index contributed by atoms with van der Waals surface area (Å²) >= 11 is 0. The maximum Gasteiger partial charge on any atom is 0.307 e. The predicted molar refractivity (Wildman–Crippen MR) is 117 cm³/mol. The van der Waals surface area contributed by atoms with Crippen LogP contribution in [0.4, 0.5) is 11.4 Å². The van der Waals surface area contributed by atoms with Crippen LogP contribution in [0.25, 0.3) is 0 Å². The van der Waals surface area contributed by atoms with Gasteiger partial charge in [0.1, 0.15) is 18.2 Å². The van der Waals surface area contributed by atoms with Gasteiger partial charge in [-0.05, 0) is 44.0 Å². The van der Waals surface area contributed by atoms with Gasteiger partial charge in [-0.15, -0.1) is 0 Å². The molecule has 3 heterocycles. The highest BCUT2D eigenvalue weighted by molar-refractivity contribution is 6.02. The minimum atomic E-state index is -0.519. The number of aromatic nitrogens is 4. The van der Waals surface area contributed by atoms with Crippen molar-refractivity contribution in [1.29, 1.82) is 0 Å². The first-order valence-corrected chi connectivity index (χ1v) is 9.97. The third kappa shape index (κ3) is 4.29. The average Bonchev–Trinajstić information content (AvgIpc) is 3.47. The van der Waals surface area contributed by atoms with Crippen molar-refractivity contribution in [2.45, 2.75) is 33.9 Å². The maximum atomic E-state index is 12.7. The molecule has 0 aliphatic heterocycles. The number of hydrogen-bond donors (Lipinski definition) is 1. The standard InChI is InChI=1S/C22H22N6O4/c1-14-6-4-5-7-17(14)11-27-16(3)21(15(2)25-27)24-22(29)20-9-8-19(32-20)13-26-12-18(10-23-26)28(30)31/h4-10,12H,11,13H2,1-3H3,(H,24,29). The first kappa shape index (κ1) is 21.0. The number of nitrogens with zero attached hydrogens (tertiary/aromatic N) is 5. The van der Waals surface area contributed by atoms with Gasteiger partial charge >= 0.3 is 5.69 Å². The SMILES string of the molecule is Cc1ccccc1Cn1nc(C)c(NC(=O)c2ccc(Cn3cc([N+](=O)[O-])cn3)o2)c1C. The normalized spacial score (nSPS) is 11.0. The summed E-state index contributed by atoms with van der Waals surface area (Å²) in [4.78, 5) is 23.0. The summed E-state index contributed by atoms with van der Waals surface area (Å²) in [5, 5.41) is 22.2. The number of rotatable bonds is 7. The molecule has 164 valence electrons. The summed E-state index contributed by atoms with van der Waals surface area (Å²) in [7, 11) is 0. The molecule has 0 saturated heterocycles. The summed E-state index contributed by atoms with van der Waals surface area (Å²) in [5.41, 5.74) is 4.42. The number of benzene rings is 1. The Labute approximate surface area is 183 Å². The van der Waals surface area contributed by atoms with Gasteiger partial charge in [0.25, 0.3) is 5.91 Å². The molecule has 10 heteroatoms. The van der Waals surface area contributed by atoms with Crippen LogP contribution in [0.3, 0.4) is 0 Å². The van der Waals surface area contributed by atoms with Crippen molar-refractivity contribution in [3.8, 4) is 0 Å². The van der Waals surface area contributed by atoms with E-state index in [9.17, 15) is 14.9 Å². The second-order valence-electron chi connectivity index (χ2n) is 7.50. The lowest BCUT2D eigenvalue weighted by molar-refractivity contribution is -0.385. The van der Waals surface area contributed by atoms with Gasteiger partial charge in [-0.2, -0.15) is 10.2 Å². The zero-order chi connectivity index (χ0) is 22.8. The van der Waals surface area contributed by atoms with E-state index in [1.165, 1.54) is 16.4 Å². The van der Waals surface area contributed by atoms with Crippen LogP contribution >= 0.6 is 0 Å². The molecular weight excluding hydrogens is 412 g/mol. The predicted octanol–water partition coefficient (Wildman–Crippen LogP) is 3.85. The Balaban J connectivity index is 1.47. The molecule has 0 unspecified atom stereocenters. The molecule has 4 rings (SSSR count). The summed E-state index contributed by atoms with van der Waals surface area (Å²) in [6.07, 6.45) is 2.47. The fourth-order valence-corrected chi connectivity index (χ4v) is 3.43. The Morgan fingerprint density at radius 2 is 1.94 bits per heavy atom. The fourth-order valence-electron chi connectivity index (χ4n) is 3.43. The lowest BCUT2D eigenvalue weighted by atomic mass is 10.1. The van der Waals surface area contributed by atoms with Crippen molar-refractivity contribution in [3.05, 3.63) is 92.9 Å². The molecular formula is C22H22N6O4. The highest BCUT2D eigenvalue weighted by Gasteiger charge is 2.18. The summed E-state index contributed by atoms with van der Waals surface area (Å²) in [6.45, 7) is 6.59. The minimum Gasteiger partial charge on any atom is -0.454 e. The molecule has 3 aromatic heterocycles. The summed E-state index contributed by atoms with van der Waals surface area (Å²) < 4.78 is 8.86. The molecule has 0 atom stereocenters. The van der Waals surface area contributed by atoms with Crippen molar-refractivity contribution < 1.29 is 14.1 Å². The van der Waals surface area contributed by atoms with Crippen molar-refractivity contribution in [3.63, 3.8) is 0 Å². The molecule has 0 aliphatic rings. The number of nitro groups is 1. The van der Waals surface area contributed by atoms with E-state index >= 15 is 0 Å². The van der Waals surface area contributed by atoms with Crippen LogP contribution in [0.5, 0.6) is 0 Å². The second kappa shape index (κ2) is 8.50. The fraction of sp³-hybridized carbons (Fsp3) is 0.227. The monoisotopic (exact) mass is 434 g/mol. The number of amides is 1. The Morgan fingerprint density at radius 1 is 1.16 bits per heavy atom. The van der Waals surface area contributed by atoms with E-state index in [1.807, 2.05) is 30.7 Å². The van der Waals surface area contributed by atoms with Gasteiger partial charge in [0.2, 0.25) is 0 Å². The van der Waals surface area contributed by atoms with Gasteiger partial charge in [0.15, 0.2) is 5.76 Å². The van der Waals surface area contributed by atoms with E-state index in [4.69, 9.17) is 4.42 Å². The van der Waals surface area contributed by atoms with E-state index < -0.39 is 10.8 Å². The topological polar surface area (TPSA) is 121 Å². The van der Waals surface area contributed by atoms with Crippen LogP contribution in [0, 0.1) is 30.9 Å². The van der Waals surface area contributed by atoms with Crippen molar-refractivity contribution >= 4 is 17.3 Å². The molecule has 0 fully saturated rings. The van der Waals surface area contributed by atoms with Crippen LogP contribution in [0.15, 0.2) is 53.2 Å². The van der Waals surface area contributed by atoms with Gasteiger partial charge in [0.05, 0.1) is 35.1 Å². The number of carbonyl (C=O) groups excluding carboxylic acids is 1. The number of furan rings is 1. The van der Waals surface area contributed by atoms with Crippen LogP contribution in [0.1, 0.15) is 38.8 Å². The Morgan fingerprint density at radius 3 is 2.66 bits per heavy atom. The number of carbonyl (C=O) groups is 1. The smallest absolute Gasteiger partial charge is 0.307 e. The lowest BCUT2D eigenvalue weighted by Crippen LogP contribution is -2.12. The molecule has 0 saturated carbocycles. The second-order valence-corrected chi connectivity index (χ2v) is 7.50. The van der Waals surface area contributed by atoms with E-state index in [-0.39, 0.29) is 18.0 Å². The van der Waals surface area contributed by atoms with E-state index in [1.54, 1.807) is 12.1 Å². The summed E-state index contributed by atoms with van der Waals surface area (Å²) in [5.74, 6) is 0.188. The van der Waals surface area contributed by atoms with Gasteiger partial charge in [0, 0.05) is 0 Å². The lowest BCUT2D eigenvalue weighted by Gasteiger charge is -2.08. The number of hydrogen-bond acceptors (Lipinski definition) is 6. The van der Waals surface area contributed by atoms with Crippen molar-refractivity contribution in [2.24, 2.45) is 0 Å². The molecule has 1 N–H and O–H groups in total. The number of aryl methyl sites for hydroxylation is 2. The van der Waals surface area contributed by atoms with Crippen LogP contribution in [-0.2, 0) is 13.1 Å². The third-order valence-electron chi connectivity index (χ3n) is 5.24. The molecule has 0 radical (unpaired) electrons. The Bertz CT molecular complexity index is 1300. The number of anilines is 1. The van der Waals surface area contributed by atoms with Gasteiger partial charge in [-0.3, -0.25) is 24.3 Å². The molecule has 0 bridgehead atoms. The molecule has 4 aromatic rings.